The first kappa shape index (κ1) is 204. The molecule has 0 aromatic heterocycles. The van der Waals surface area contributed by atoms with Gasteiger partial charge in [0.25, 0.3) is 0 Å². The summed E-state index contributed by atoms with van der Waals surface area (Å²) in [6, 6.07) is 0. The van der Waals surface area contributed by atoms with Crippen molar-refractivity contribution in [3.63, 3.8) is 0 Å². The van der Waals surface area contributed by atoms with Gasteiger partial charge in [0.05, 0.1) is 0 Å². The van der Waals surface area contributed by atoms with E-state index in [2.05, 4.69) is 0 Å². The summed E-state index contributed by atoms with van der Waals surface area (Å²) in [4.78, 5) is 0. The van der Waals surface area contributed by atoms with Crippen molar-refractivity contribution < 1.29 is 62.4 Å². The van der Waals surface area contributed by atoms with Crippen LogP contribution in [0, 0.1) is 0 Å². The van der Waals surface area contributed by atoms with E-state index in [0.29, 0.717) is 0 Å². The minimum Gasteiger partial charge on any atom is -2.00 e. The van der Waals surface area contributed by atoms with Crippen LogP contribution in [0.4, 0.5) is 0 Å². The Balaban J connectivity index is 0. The molecule has 0 spiro atoms. The molecule has 0 aromatic carbocycles. The molecular weight excluding hydrogens is 313 g/mol. The predicted octanol–water partition coefficient (Wildman–Crippen LogP) is -0.480. The Labute approximate surface area is 62.6 Å². The van der Waals surface area contributed by atoms with Crippen molar-refractivity contribution in [1.29, 1.82) is 0 Å². The molecule has 0 aromatic rings. The summed E-state index contributed by atoms with van der Waals surface area (Å²) in [6.07, 6.45) is 0. The molecule has 0 unspecified atom stereocenters. The summed E-state index contributed by atoms with van der Waals surface area (Å²) < 4.78 is 0. The second kappa shape index (κ2) is 123. The Kier molecular flexibility index (Phi) is 4190. The van der Waals surface area contributed by atoms with Gasteiger partial charge in [0, 0.05) is 21.1 Å². The fraction of sp³-hybridized carbons (Fsp3) is 0. The third-order valence-electron chi connectivity index (χ3n) is 0. The van der Waals surface area contributed by atoms with Crippen LogP contribution in [-0.2, 0) is 62.4 Å². The van der Waals surface area contributed by atoms with Crippen molar-refractivity contribution >= 4 is 0 Å². The van der Waals surface area contributed by atoms with E-state index in [0.717, 1.165) is 0 Å². The summed E-state index contributed by atoms with van der Waals surface area (Å²) in [6.45, 7) is 0. The van der Waals surface area contributed by atoms with Crippen LogP contribution in [0.25, 0.3) is 0 Å². The first-order chi connectivity index (χ1) is 0. The molecular formula is O4WZn-6. The van der Waals surface area contributed by atoms with Gasteiger partial charge < -0.3 is 21.9 Å². The fourth-order valence-electron chi connectivity index (χ4n) is 0. The van der Waals surface area contributed by atoms with Gasteiger partial charge in [-0.05, 0) is 0 Å². The van der Waals surface area contributed by atoms with Crippen LogP contribution in [0.3, 0.4) is 0 Å². The van der Waals surface area contributed by atoms with Gasteiger partial charge in [0.15, 0.2) is 0 Å². The maximum Gasteiger partial charge on any atom is 2.00 e. The van der Waals surface area contributed by atoms with Crippen molar-refractivity contribution in [3.8, 4) is 0 Å². The fourth-order valence-corrected chi connectivity index (χ4v) is 0. The smallest absolute Gasteiger partial charge is 2.00 e. The normalized spacial score (nSPS) is 0. The topological polar surface area (TPSA) is 114 Å². The van der Waals surface area contributed by atoms with E-state index in [1.165, 1.54) is 0 Å². The van der Waals surface area contributed by atoms with Crippen LogP contribution in [0.1, 0.15) is 0 Å². The molecule has 0 rings (SSSR count). The number of hydrogen-bond donors (Lipinski definition) is 0. The van der Waals surface area contributed by atoms with E-state index in [4.69, 9.17) is 0 Å². The van der Waals surface area contributed by atoms with Gasteiger partial charge in [-0.3, -0.25) is 0 Å². The Morgan fingerprint density at radius 3 is 0.500 bits per heavy atom. The van der Waals surface area contributed by atoms with E-state index in [9.17, 15) is 0 Å². The molecule has 0 aliphatic heterocycles. The van der Waals surface area contributed by atoms with Gasteiger partial charge in [-0.25, -0.2) is 0 Å². The molecule has 0 saturated heterocycles. The quantitative estimate of drug-likeness (QED) is 0.538. The van der Waals surface area contributed by atoms with E-state index in [1.807, 2.05) is 0 Å². The van der Waals surface area contributed by atoms with Crippen LogP contribution in [0.15, 0.2) is 0 Å². The molecule has 0 radical (unpaired) electrons. The van der Waals surface area contributed by atoms with Gasteiger partial charge in [0.1, 0.15) is 0 Å². The Bertz CT molecular complexity index is 7.51. The summed E-state index contributed by atoms with van der Waals surface area (Å²) >= 11 is 0. The van der Waals surface area contributed by atoms with E-state index in [1.54, 1.807) is 0 Å². The maximum atomic E-state index is 0. The van der Waals surface area contributed by atoms with Crippen molar-refractivity contribution in [2.75, 3.05) is 0 Å². The second-order valence-corrected chi connectivity index (χ2v) is 0. The zero-order chi connectivity index (χ0) is 0. The van der Waals surface area contributed by atoms with Gasteiger partial charge in [-0.15, -0.1) is 0 Å². The third-order valence-corrected chi connectivity index (χ3v) is 0. The second-order valence-electron chi connectivity index (χ2n) is 0. The zero-order valence-electron chi connectivity index (χ0n) is 2.75. The summed E-state index contributed by atoms with van der Waals surface area (Å²) in [5.74, 6) is 0. The van der Waals surface area contributed by atoms with Gasteiger partial charge >= 0.3 is 19.5 Å². The minimum atomic E-state index is 0. The molecule has 0 bridgehead atoms. The van der Waals surface area contributed by atoms with Crippen LogP contribution in [-0.4, -0.2) is 0 Å². The van der Waals surface area contributed by atoms with Crippen LogP contribution in [0.2, 0.25) is 0 Å². The monoisotopic (exact) mass is 312 g/mol. The third kappa shape index (κ3) is 66.9. The number of rotatable bonds is 0. The molecule has 0 aliphatic rings. The predicted molar refractivity (Wildman–Crippen MR) is 2.75 cm³/mol. The number of hydrogen-bond acceptors (Lipinski definition) is 0. The van der Waals surface area contributed by atoms with Crippen molar-refractivity contribution in [2.45, 2.75) is 0 Å². The minimum absolute atomic E-state index is 0. The molecule has 0 fully saturated rings. The standard InChI is InChI=1S/4O.W.Zn/q4*-2;;+2. The maximum absolute atomic E-state index is 0. The SMILES string of the molecule is [O-2].[O-2].[O-2].[O-2].[W].[Zn+2]. The van der Waals surface area contributed by atoms with Crippen LogP contribution < -0.4 is 0 Å². The molecule has 0 atom stereocenters. The molecule has 0 N–H and O–H groups in total. The molecule has 6 heavy (non-hydrogen) atoms. The van der Waals surface area contributed by atoms with E-state index < -0.39 is 0 Å². The molecule has 4 nitrogen and oxygen atoms in total. The Morgan fingerprint density at radius 1 is 0.500 bits per heavy atom. The Morgan fingerprint density at radius 2 is 0.500 bits per heavy atom. The molecule has 6 heteroatoms. The van der Waals surface area contributed by atoms with Crippen molar-refractivity contribution in [1.82, 2.24) is 0 Å². The first-order valence-corrected chi connectivity index (χ1v) is 0. The van der Waals surface area contributed by atoms with Crippen molar-refractivity contribution in [2.24, 2.45) is 0 Å². The van der Waals surface area contributed by atoms with Gasteiger partial charge in [-0.2, -0.15) is 0 Å². The largest absolute Gasteiger partial charge is 2.00 e. The van der Waals surface area contributed by atoms with Gasteiger partial charge in [-0.1, -0.05) is 0 Å². The average molecular weight is 313 g/mol. The average Bonchev–Trinajstić information content (AvgIpc) is 0. The summed E-state index contributed by atoms with van der Waals surface area (Å²) in [7, 11) is 0. The van der Waals surface area contributed by atoms with Gasteiger partial charge in [0.2, 0.25) is 0 Å². The van der Waals surface area contributed by atoms with E-state index in [-0.39, 0.29) is 62.4 Å². The van der Waals surface area contributed by atoms with E-state index >= 15 is 0 Å². The first-order valence-electron chi connectivity index (χ1n) is 0. The molecule has 0 heterocycles. The van der Waals surface area contributed by atoms with Crippen molar-refractivity contribution in [3.05, 3.63) is 0 Å². The molecule has 0 saturated carbocycles. The molecule has 0 amide bonds. The summed E-state index contributed by atoms with van der Waals surface area (Å²) in [5, 5.41) is 0. The van der Waals surface area contributed by atoms with Crippen LogP contribution in [0.5, 0.6) is 0 Å². The molecule has 38 valence electrons. The Hall–Kier alpha value is 1.15. The summed E-state index contributed by atoms with van der Waals surface area (Å²) in [5.41, 5.74) is 0. The van der Waals surface area contributed by atoms with Crippen LogP contribution >= 0.6 is 0 Å². The zero-order valence-corrected chi connectivity index (χ0v) is 8.65. The molecule has 0 aliphatic carbocycles.